The van der Waals surface area contributed by atoms with E-state index in [0.717, 1.165) is 19.4 Å². The van der Waals surface area contributed by atoms with Gasteiger partial charge in [0, 0.05) is 11.6 Å². The van der Waals surface area contributed by atoms with Crippen molar-refractivity contribution in [3.05, 3.63) is 0 Å². The monoisotopic (exact) mass is 270 g/mol. The van der Waals surface area contributed by atoms with Gasteiger partial charge in [0.2, 0.25) is 0 Å². The molecule has 1 fully saturated rings. The van der Waals surface area contributed by atoms with Gasteiger partial charge in [-0.1, -0.05) is 6.42 Å². The number of alkyl carbamates (subject to hydrolysis) is 1. The molecular weight excluding hydrogens is 240 g/mol. The van der Waals surface area contributed by atoms with Crippen LogP contribution in [0.5, 0.6) is 0 Å². The highest BCUT2D eigenvalue weighted by atomic mass is 16.6. The largest absolute Gasteiger partial charge is 0.444 e. The lowest BCUT2D eigenvalue weighted by Crippen LogP contribution is -2.47. The highest BCUT2D eigenvalue weighted by molar-refractivity contribution is 5.68. The molecule has 1 atom stereocenters. The number of ether oxygens (including phenoxy) is 1. The Morgan fingerprint density at radius 1 is 1.26 bits per heavy atom. The number of rotatable bonds is 4. The summed E-state index contributed by atoms with van der Waals surface area (Å²) >= 11 is 0. The molecule has 0 aromatic carbocycles. The highest BCUT2D eigenvalue weighted by Crippen LogP contribution is 2.18. The summed E-state index contributed by atoms with van der Waals surface area (Å²) in [5.74, 6) is 0. The molecule has 4 nitrogen and oxygen atoms in total. The molecule has 0 aromatic rings. The normalized spacial score (nSPS) is 21.0. The molecule has 0 radical (unpaired) electrons. The van der Waals surface area contributed by atoms with E-state index in [4.69, 9.17) is 4.74 Å². The van der Waals surface area contributed by atoms with Crippen LogP contribution in [0.4, 0.5) is 4.79 Å². The van der Waals surface area contributed by atoms with Crippen molar-refractivity contribution >= 4 is 6.09 Å². The van der Waals surface area contributed by atoms with Gasteiger partial charge in [-0.25, -0.2) is 4.79 Å². The summed E-state index contributed by atoms with van der Waals surface area (Å²) in [4.78, 5) is 11.8. The zero-order chi connectivity index (χ0) is 14.5. The number of nitrogens with one attached hydrogen (secondary N) is 2. The van der Waals surface area contributed by atoms with Crippen molar-refractivity contribution in [3.63, 3.8) is 0 Å². The van der Waals surface area contributed by atoms with Crippen LogP contribution in [0.2, 0.25) is 0 Å². The standard InChI is InChI=1S/C15H30N2O2/c1-14(2,3)19-13(18)17-15(4,5)10-9-12-8-6-7-11-16-12/h12,16H,6-11H2,1-5H3,(H,17,18). The van der Waals surface area contributed by atoms with Crippen LogP contribution in [-0.4, -0.2) is 29.8 Å². The molecule has 0 bridgehead atoms. The first-order valence-electron chi connectivity index (χ1n) is 7.42. The summed E-state index contributed by atoms with van der Waals surface area (Å²) in [5.41, 5.74) is -0.660. The van der Waals surface area contributed by atoms with Crippen LogP contribution in [0, 0.1) is 0 Å². The SMILES string of the molecule is CC(C)(CCC1CCCCN1)NC(=O)OC(C)(C)C. The summed E-state index contributed by atoms with van der Waals surface area (Å²) < 4.78 is 5.30. The second-order valence-electron chi connectivity index (χ2n) is 7.20. The minimum Gasteiger partial charge on any atom is -0.444 e. The van der Waals surface area contributed by atoms with E-state index in [9.17, 15) is 4.79 Å². The Labute approximate surface area is 117 Å². The Kier molecular flexibility index (Phi) is 5.65. The van der Waals surface area contributed by atoms with E-state index >= 15 is 0 Å². The molecule has 112 valence electrons. The maximum atomic E-state index is 11.8. The third-order valence-electron chi connectivity index (χ3n) is 3.37. The summed E-state index contributed by atoms with van der Waals surface area (Å²) in [6.45, 7) is 10.9. The smallest absolute Gasteiger partial charge is 0.408 e. The maximum Gasteiger partial charge on any atom is 0.408 e. The van der Waals surface area contributed by atoms with Crippen LogP contribution in [-0.2, 0) is 4.74 Å². The van der Waals surface area contributed by atoms with Crippen molar-refractivity contribution < 1.29 is 9.53 Å². The molecule has 2 N–H and O–H groups in total. The van der Waals surface area contributed by atoms with Crippen LogP contribution in [0.1, 0.15) is 66.7 Å². The van der Waals surface area contributed by atoms with Gasteiger partial charge in [-0.3, -0.25) is 0 Å². The number of hydrogen-bond donors (Lipinski definition) is 2. The van der Waals surface area contributed by atoms with Gasteiger partial charge in [-0.05, 0) is 66.8 Å². The van der Waals surface area contributed by atoms with Crippen molar-refractivity contribution in [2.45, 2.75) is 83.9 Å². The predicted octanol–water partition coefficient (Wildman–Crippen LogP) is 3.21. The van der Waals surface area contributed by atoms with Crippen molar-refractivity contribution in [1.29, 1.82) is 0 Å². The highest BCUT2D eigenvalue weighted by Gasteiger charge is 2.25. The fourth-order valence-electron chi connectivity index (χ4n) is 2.35. The van der Waals surface area contributed by atoms with Gasteiger partial charge in [0.25, 0.3) is 0 Å². The van der Waals surface area contributed by atoms with Crippen LogP contribution >= 0.6 is 0 Å². The van der Waals surface area contributed by atoms with E-state index in [-0.39, 0.29) is 11.6 Å². The zero-order valence-corrected chi connectivity index (χ0v) is 13.1. The van der Waals surface area contributed by atoms with E-state index in [0.29, 0.717) is 6.04 Å². The van der Waals surface area contributed by atoms with E-state index in [1.807, 2.05) is 20.8 Å². The minimum absolute atomic E-state index is 0.221. The number of piperidine rings is 1. The minimum atomic E-state index is -0.439. The van der Waals surface area contributed by atoms with E-state index < -0.39 is 5.60 Å². The molecule has 1 amide bonds. The molecule has 1 unspecified atom stereocenters. The van der Waals surface area contributed by atoms with Gasteiger partial charge in [-0.15, -0.1) is 0 Å². The molecule has 0 aliphatic carbocycles. The Hall–Kier alpha value is -0.770. The first kappa shape index (κ1) is 16.3. The molecule has 1 heterocycles. The summed E-state index contributed by atoms with van der Waals surface area (Å²) in [7, 11) is 0. The molecule has 1 aliphatic rings. The lowest BCUT2D eigenvalue weighted by molar-refractivity contribution is 0.0465. The maximum absolute atomic E-state index is 11.8. The Bertz CT molecular complexity index is 289. The van der Waals surface area contributed by atoms with Crippen LogP contribution in [0.3, 0.4) is 0 Å². The van der Waals surface area contributed by atoms with Crippen molar-refractivity contribution in [2.75, 3.05) is 6.54 Å². The average Bonchev–Trinajstić information content (AvgIpc) is 2.24. The topological polar surface area (TPSA) is 50.4 Å². The van der Waals surface area contributed by atoms with Gasteiger partial charge in [0.1, 0.15) is 5.60 Å². The van der Waals surface area contributed by atoms with Gasteiger partial charge >= 0.3 is 6.09 Å². The van der Waals surface area contributed by atoms with E-state index in [2.05, 4.69) is 24.5 Å². The summed E-state index contributed by atoms with van der Waals surface area (Å²) in [5, 5.41) is 6.50. The number of carbonyl (C=O) groups excluding carboxylic acids is 1. The first-order chi connectivity index (χ1) is 8.68. The van der Waals surface area contributed by atoms with E-state index in [1.165, 1.54) is 19.3 Å². The van der Waals surface area contributed by atoms with Crippen LogP contribution in [0.25, 0.3) is 0 Å². The van der Waals surface area contributed by atoms with Gasteiger partial charge < -0.3 is 15.4 Å². The van der Waals surface area contributed by atoms with Gasteiger partial charge in [0.15, 0.2) is 0 Å². The lowest BCUT2D eigenvalue weighted by Gasteiger charge is -2.31. The summed E-state index contributed by atoms with van der Waals surface area (Å²) in [6.07, 6.45) is 5.59. The molecular formula is C15H30N2O2. The van der Waals surface area contributed by atoms with E-state index in [1.54, 1.807) is 0 Å². The number of amides is 1. The Balaban J connectivity index is 2.31. The van der Waals surface area contributed by atoms with Crippen molar-refractivity contribution in [2.24, 2.45) is 0 Å². The molecule has 1 saturated heterocycles. The number of carbonyl (C=O) groups is 1. The fraction of sp³-hybridized carbons (Fsp3) is 0.933. The average molecular weight is 270 g/mol. The Morgan fingerprint density at radius 2 is 1.95 bits per heavy atom. The zero-order valence-electron chi connectivity index (χ0n) is 13.1. The quantitative estimate of drug-likeness (QED) is 0.824. The molecule has 4 heteroatoms. The molecule has 0 aromatic heterocycles. The molecule has 0 spiro atoms. The van der Waals surface area contributed by atoms with Crippen LogP contribution < -0.4 is 10.6 Å². The molecule has 19 heavy (non-hydrogen) atoms. The third kappa shape index (κ3) is 7.41. The van der Waals surface area contributed by atoms with Crippen molar-refractivity contribution in [1.82, 2.24) is 10.6 Å². The molecule has 0 saturated carbocycles. The van der Waals surface area contributed by atoms with Crippen LogP contribution in [0.15, 0.2) is 0 Å². The Morgan fingerprint density at radius 3 is 2.47 bits per heavy atom. The second kappa shape index (κ2) is 6.60. The lowest BCUT2D eigenvalue weighted by atomic mass is 9.92. The number of hydrogen-bond acceptors (Lipinski definition) is 3. The van der Waals surface area contributed by atoms with Crippen molar-refractivity contribution in [3.8, 4) is 0 Å². The molecule has 1 aliphatic heterocycles. The summed E-state index contributed by atoms with van der Waals surface area (Å²) in [6, 6.07) is 0.605. The predicted molar refractivity (Wildman–Crippen MR) is 78.3 cm³/mol. The van der Waals surface area contributed by atoms with Gasteiger partial charge in [-0.2, -0.15) is 0 Å². The fourth-order valence-corrected chi connectivity index (χ4v) is 2.35. The molecule has 1 rings (SSSR count). The van der Waals surface area contributed by atoms with Gasteiger partial charge in [0.05, 0.1) is 0 Å². The third-order valence-corrected chi connectivity index (χ3v) is 3.37. The second-order valence-corrected chi connectivity index (χ2v) is 7.20. The first-order valence-corrected chi connectivity index (χ1v) is 7.42.